The minimum atomic E-state index is -0.834. The van der Waals surface area contributed by atoms with Crippen molar-refractivity contribution in [1.82, 2.24) is 15.6 Å². The van der Waals surface area contributed by atoms with Gasteiger partial charge in [0, 0.05) is 25.0 Å². The van der Waals surface area contributed by atoms with Gasteiger partial charge in [0.05, 0.1) is 11.3 Å². The SMILES string of the molecule is CC(C)NC(=O)c1ccccc1NC(=O)C(=O)NCc1ccncc1. The van der Waals surface area contributed by atoms with E-state index in [1.165, 1.54) is 0 Å². The monoisotopic (exact) mass is 340 g/mol. The van der Waals surface area contributed by atoms with Crippen molar-refractivity contribution < 1.29 is 14.4 Å². The largest absolute Gasteiger partial charge is 0.350 e. The Morgan fingerprint density at radius 1 is 1.00 bits per heavy atom. The second-order valence-corrected chi connectivity index (χ2v) is 5.67. The predicted molar refractivity (Wildman–Crippen MR) is 93.8 cm³/mol. The summed E-state index contributed by atoms with van der Waals surface area (Å²) in [5, 5.41) is 7.75. The third-order valence-electron chi connectivity index (χ3n) is 3.25. The molecule has 2 rings (SSSR count). The summed E-state index contributed by atoms with van der Waals surface area (Å²) < 4.78 is 0. The normalized spacial score (nSPS) is 10.2. The third kappa shape index (κ3) is 5.42. The Balaban J connectivity index is 2.00. The Morgan fingerprint density at radius 2 is 1.68 bits per heavy atom. The lowest BCUT2D eigenvalue weighted by molar-refractivity contribution is -0.136. The molecule has 2 aromatic rings. The van der Waals surface area contributed by atoms with Crippen LogP contribution in [0.25, 0.3) is 0 Å². The predicted octanol–water partition coefficient (Wildman–Crippen LogP) is 1.47. The second-order valence-electron chi connectivity index (χ2n) is 5.67. The van der Waals surface area contributed by atoms with Gasteiger partial charge in [0.15, 0.2) is 0 Å². The Hall–Kier alpha value is -3.22. The molecule has 25 heavy (non-hydrogen) atoms. The molecule has 130 valence electrons. The first kappa shape index (κ1) is 18.1. The van der Waals surface area contributed by atoms with E-state index in [-0.39, 0.29) is 24.2 Å². The van der Waals surface area contributed by atoms with E-state index >= 15 is 0 Å². The number of rotatable bonds is 5. The van der Waals surface area contributed by atoms with Crippen LogP contribution in [0.5, 0.6) is 0 Å². The van der Waals surface area contributed by atoms with E-state index in [0.29, 0.717) is 5.56 Å². The number of para-hydroxylation sites is 1. The summed E-state index contributed by atoms with van der Waals surface area (Å²) in [7, 11) is 0. The first-order valence-electron chi connectivity index (χ1n) is 7.85. The van der Waals surface area contributed by atoms with Gasteiger partial charge in [-0.25, -0.2) is 0 Å². The first-order valence-corrected chi connectivity index (χ1v) is 7.85. The molecule has 7 nitrogen and oxygen atoms in total. The fraction of sp³-hybridized carbons (Fsp3) is 0.222. The summed E-state index contributed by atoms with van der Waals surface area (Å²) in [4.78, 5) is 40.1. The minimum absolute atomic E-state index is 0.0417. The number of aromatic nitrogens is 1. The van der Waals surface area contributed by atoms with Crippen molar-refractivity contribution in [1.29, 1.82) is 0 Å². The standard InChI is InChI=1S/C18H20N4O3/c1-12(2)21-16(23)14-5-3-4-6-15(14)22-18(25)17(24)20-11-13-7-9-19-10-8-13/h3-10,12H,11H2,1-2H3,(H,20,24)(H,21,23)(H,22,25). The van der Waals surface area contributed by atoms with Crippen LogP contribution in [-0.2, 0) is 16.1 Å². The Bertz CT molecular complexity index is 760. The van der Waals surface area contributed by atoms with Crippen LogP contribution in [0.3, 0.4) is 0 Å². The summed E-state index contributed by atoms with van der Waals surface area (Å²) in [6, 6.07) is 9.96. The highest BCUT2D eigenvalue weighted by atomic mass is 16.2. The third-order valence-corrected chi connectivity index (χ3v) is 3.25. The molecule has 0 aliphatic carbocycles. The number of nitrogens with zero attached hydrogens (tertiary/aromatic N) is 1. The molecular formula is C18H20N4O3. The van der Waals surface area contributed by atoms with Crippen molar-refractivity contribution >= 4 is 23.4 Å². The maximum Gasteiger partial charge on any atom is 0.313 e. The van der Waals surface area contributed by atoms with Crippen molar-refractivity contribution in [2.75, 3.05) is 5.32 Å². The number of amides is 3. The van der Waals surface area contributed by atoms with E-state index in [1.54, 1.807) is 48.8 Å². The van der Waals surface area contributed by atoms with Gasteiger partial charge in [-0.1, -0.05) is 12.1 Å². The van der Waals surface area contributed by atoms with Gasteiger partial charge in [-0.05, 0) is 43.7 Å². The smallest absolute Gasteiger partial charge is 0.313 e. The molecule has 0 unspecified atom stereocenters. The molecule has 0 bridgehead atoms. The molecule has 0 aliphatic heterocycles. The van der Waals surface area contributed by atoms with E-state index in [1.807, 2.05) is 13.8 Å². The summed E-state index contributed by atoms with van der Waals surface area (Å²) in [5.41, 5.74) is 1.41. The lowest BCUT2D eigenvalue weighted by Crippen LogP contribution is -2.36. The summed E-state index contributed by atoms with van der Waals surface area (Å²) in [5.74, 6) is -1.93. The average molecular weight is 340 g/mol. The van der Waals surface area contributed by atoms with Gasteiger partial charge in [0.1, 0.15) is 0 Å². The number of carbonyl (C=O) groups excluding carboxylic acids is 3. The summed E-state index contributed by atoms with van der Waals surface area (Å²) in [6.45, 7) is 3.89. The van der Waals surface area contributed by atoms with Crippen LogP contribution in [0.15, 0.2) is 48.8 Å². The zero-order chi connectivity index (χ0) is 18.2. The second kappa shape index (κ2) is 8.58. The zero-order valence-corrected chi connectivity index (χ0v) is 14.1. The number of hydrogen-bond donors (Lipinski definition) is 3. The molecule has 0 radical (unpaired) electrons. The summed E-state index contributed by atoms with van der Waals surface area (Å²) in [6.07, 6.45) is 3.20. The molecule has 0 atom stereocenters. The maximum atomic E-state index is 12.2. The van der Waals surface area contributed by atoms with Gasteiger partial charge in [-0.2, -0.15) is 0 Å². The van der Waals surface area contributed by atoms with Crippen molar-refractivity contribution in [2.45, 2.75) is 26.4 Å². The van der Waals surface area contributed by atoms with Gasteiger partial charge in [-0.15, -0.1) is 0 Å². The molecule has 1 aromatic carbocycles. The minimum Gasteiger partial charge on any atom is -0.350 e. The van der Waals surface area contributed by atoms with Gasteiger partial charge in [0.25, 0.3) is 5.91 Å². The molecule has 1 aromatic heterocycles. The molecule has 0 saturated heterocycles. The molecule has 0 fully saturated rings. The van der Waals surface area contributed by atoms with Crippen molar-refractivity contribution in [3.63, 3.8) is 0 Å². The van der Waals surface area contributed by atoms with Gasteiger partial charge >= 0.3 is 11.8 Å². The number of pyridine rings is 1. The summed E-state index contributed by atoms with van der Waals surface area (Å²) >= 11 is 0. The zero-order valence-electron chi connectivity index (χ0n) is 14.1. The van der Waals surface area contributed by atoms with Crippen LogP contribution in [0, 0.1) is 0 Å². The van der Waals surface area contributed by atoms with Crippen molar-refractivity contribution in [3.8, 4) is 0 Å². The highest BCUT2D eigenvalue weighted by Crippen LogP contribution is 2.15. The van der Waals surface area contributed by atoms with E-state index in [9.17, 15) is 14.4 Å². The molecule has 3 N–H and O–H groups in total. The van der Waals surface area contributed by atoms with Gasteiger partial charge < -0.3 is 16.0 Å². The lowest BCUT2D eigenvalue weighted by Gasteiger charge is -2.13. The van der Waals surface area contributed by atoms with Gasteiger partial charge in [-0.3, -0.25) is 19.4 Å². The number of hydrogen-bond acceptors (Lipinski definition) is 4. The Kier molecular flexibility index (Phi) is 6.22. The number of anilines is 1. The van der Waals surface area contributed by atoms with Crippen LogP contribution in [-0.4, -0.2) is 28.7 Å². The first-order chi connectivity index (χ1) is 12.0. The molecule has 7 heteroatoms. The molecular weight excluding hydrogens is 320 g/mol. The quantitative estimate of drug-likeness (QED) is 0.718. The van der Waals surface area contributed by atoms with Crippen LogP contribution < -0.4 is 16.0 Å². The van der Waals surface area contributed by atoms with E-state index in [2.05, 4.69) is 20.9 Å². The number of benzene rings is 1. The Labute approximate surface area is 145 Å². The fourth-order valence-electron chi connectivity index (χ4n) is 2.07. The lowest BCUT2D eigenvalue weighted by atomic mass is 10.1. The van der Waals surface area contributed by atoms with Crippen molar-refractivity contribution in [3.05, 3.63) is 59.9 Å². The molecule has 3 amide bonds. The molecule has 1 heterocycles. The van der Waals surface area contributed by atoms with Crippen LogP contribution >= 0.6 is 0 Å². The highest BCUT2D eigenvalue weighted by molar-refractivity contribution is 6.40. The van der Waals surface area contributed by atoms with E-state index in [4.69, 9.17) is 0 Å². The van der Waals surface area contributed by atoms with Crippen molar-refractivity contribution in [2.24, 2.45) is 0 Å². The average Bonchev–Trinajstić information content (AvgIpc) is 2.60. The number of carbonyl (C=O) groups is 3. The van der Waals surface area contributed by atoms with E-state index < -0.39 is 11.8 Å². The highest BCUT2D eigenvalue weighted by Gasteiger charge is 2.18. The fourth-order valence-corrected chi connectivity index (χ4v) is 2.07. The van der Waals surface area contributed by atoms with Crippen LogP contribution in [0.4, 0.5) is 5.69 Å². The Morgan fingerprint density at radius 3 is 2.36 bits per heavy atom. The molecule has 0 aliphatic rings. The number of nitrogens with one attached hydrogen (secondary N) is 3. The van der Waals surface area contributed by atoms with Crippen LogP contribution in [0.1, 0.15) is 29.8 Å². The molecule has 0 saturated carbocycles. The molecule has 0 spiro atoms. The van der Waals surface area contributed by atoms with Gasteiger partial charge in [0.2, 0.25) is 0 Å². The van der Waals surface area contributed by atoms with Crippen LogP contribution in [0.2, 0.25) is 0 Å². The maximum absolute atomic E-state index is 12.2. The topological polar surface area (TPSA) is 100 Å². The van der Waals surface area contributed by atoms with E-state index in [0.717, 1.165) is 5.56 Å².